The lowest BCUT2D eigenvalue weighted by Crippen LogP contribution is -2.46. The Kier molecular flexibility index (Phi) is 8.22. The van der Waals surface area contributed by atoms with Crippen molar-refractivity contribution in [2.75, 3.05) is 50.8 Å². The van der Waals surface area contributed by atoms with E-state index < -0.39 is 11.9 Å². The highest BCUT2D eigenvalue weighted by atomic mass is 16.5. The van der Waals surface area contributed by atoms with E-state index in [0.717, 1.165) is 66.5 Å². The van der Waals surface area contributed by atoms with Gasteiger partial charge in [0.1, 0.15) is 12.4 Å². The highest BCUT2D eigenvalue weighted by Crippen LogP contribution is 2.32. The first-order chi connectivity index (χ1) is 15.9. The maximum absolute atomic E-state index is 9.10. The number of benzene rings is 1. The largest absolute Gasteiger partial charge is 0.491 e. The smallest absolute Gasteiger partial charge is 0.414 e. The number of ether oxygens (including phenoxy) is 1. The number of hydrogen-bond donors (Lipinski definition) is 3. The van der Waals surface area contributed by atoms with Gasteiger partial charge in [0.25, 0.3) is 0 Å². The first-order valence-corrected chi connectivity index (χ1v) is 10.6. The van der Waals surface area contributed by atoms with E-state index in [2.05, 4.69) is 22.8 Å². The predicted octanol–water partition coefficient (Wildman–Crippen LogP) is 2.16. The van der Waals surface area contributed by atoms with E-state index >= 15 is 0 Å². The van der Waals surface area contributed by atoms with Crippen LogP contribution in [-0.4, -0.2) is 83.1 Å². The van der Waals surface area contributed by atoms with Crippen molar-refractivity contribution in [3.8, 4) is 17.0 Å². The number of piperazine rings is 1. The number of carbonyl (C=O) groups is 2. The van der Waals surface area contributed by atoms with Gasteiger partial charge in [-0.2, -0.15) is 0 Å². The van der Waals surface area contributed by atoms with Crippen molar-refractivity contribution in [2.45, 2.75) is 6.92 Å². The lowest BCUT2D eigenvalue weighted by Gasteiger charge is -2.34. The average Bonchev–Trinajstić information content (AvgIpc) is 3.32. The van der Waals surface area contributed by atoms with Gasteiger partial charge in [0.05, 0.1) is 18.6 Å². The number of rotatable bonds is 6. The van der Waals surface area contributed by atoms with Gasteiger partial charge in [0, 0.05) is 37.1 Å². The van der Waals surface area contributed by atoms with E-state index in [4.69, 9.17) is 39.0 Å². The topological polar surface area (TPSA) is 137 Å². The summed E-state index contributed by atoms with van der Waals surface area (Å²) in [6, 6.07) is 11.9. The molecule has 2 aromatic heterocycles. The van der Waals surface area contributed by atoms with Crippen LogP contribution in [0.4, 0.5) is 5.82 Å². The fraction of sp³-hybridized carbons (Fsp3) is 0.348. The molecular formula is C23H27N3O7. The Morgan fingerprint density at radius 3 is 2.30 bits per heavy atom. The quantitative estimate of drug-likeness (QED) is 0.472. The van der Waals surface area contributed by atoms with Crippen molar-refractivity contribution in [3.63, 3.8) is 0 Å². The molecule has 4 rings (SSSR count). The number of aliphatic carboxylic acids is 2. The van der Waals surface area contributed by atoms with E-state index in [1.807, 2.05) is 30.3 Å². The fourth-order valence-electron chi connectivity index (χ4n) is 3.48. The van der Waals surface area contributed by atoms with Gasteiger partial charge in [-0.05, 0) is 42.9 Å². The Bertz CT molecular complexity index is 1060. The normalized spacial score (nSPS) is 13.9. The molecule has 0 bridgehead atoms. The third-order valence-corrected chi connectivity index (χ3v) is 5.23. The zero-order valence-electron chi connectivity index (χ0n) is 18.3. The number of carboxylic acid groups (broad SMARTS) is 2. The van der Waals surface area contributed by atoms with Gasteiger partial charge in [-0.15, -0.1) is 0 Å². The van der Waals surface area contributed by atoms with Crippen molar-refractivity contribution in [3.05, 3.63) is 42.7 Å². The zero-order chi connectivity index (χ0) is 23.8. The number of pyridine rings is 1. The predicted molar refractivity (Wildman–Crippen MR) is 122 cm³/mol. The molecule has 0 atom stereocenters. The van der Waals surface area contributed by atoms with Gasteiger partial charge in [0.2, 0.25) is 0 Å². The van der Waals surface area contributed by atoms with Crippen LogP contribution in [0.3, 0.4) is 0 Å². The van der Waals surface area contributed by atoms with E-state index in [0.29, 0.717) is 6.61 Å². The number of hydrogen-bond acceptors (Lipinski definition) is 8. The first-order valence-electron chi connectivity index (χ1n) is 10.6. The summed E-state index contributed by atoms with van der Waals surface area (Å²) in [5.41, 5.74) is 2.81. The summed E-state index contributed by atoms with van der Waals surface area (Å²) >= 11 is 0. The molecule has 1 aliphatic heterocycles. The molecule has 3 aromatic rings. The summed E-state index contributed by atoms with van der Waals surface area (Å²) in [6.45, 7) is 7.59. The molecule has 10 nitrogen and oxygen atoms in total. The van der Waals surface area contributed by atoms with Crippen LogP contribution in [0.5, 0.6) is 5.75 Å². The van der Waals surface area contributed by atoms with Crippen LogP contribution < -0.4 is 9.64 Å². The second kappa shape index (κ2) is 11.3. The lowest BCUT2D eigenvalue weighted by molar-refractivity contribution is -0.159. The molecule has 1 aromatic carbocycles. The van der Waals surface area contributed by atoms with Crippen molar-refractivity contribution in [1.82, 2.24) is 9.88 Å². The molecule has 1 aliphatic rings. The summed E-state index contributed by atoms with van der Waals surface area (Å²) in [5.74, 6) is -1.98. The van der Waals surface area contributed by atoms with Gasteiger partial charge in [-0.3, -0.25) is 0 Å². The van der Waals surface area contributed by atoms with Crippen molar-refractivity contribution in [1.29, 1.82) is 0 Å². The summed E-state index contributed by atoms with van der Waals surface area (Å²) in [5, 5.41) is 24.7. The van der Waals surface area contributed by atoms with E-state index in [-0.39, 0.29) is 6.61 Å². The third-order valence-electron chi connectivity index (χ3n) is 5.23. The fourth-order valence-corrected chi connectivity index (χ4v) is 3.48. The molecule has 3 N–H and O–H groups in total. The van der Waals surface area contributed by atoms with Crippen molar-refractivity contribution < 1.29 is 34.1 Å². The molecule has 3 heterocycles. The summed E-state index contributed by atoms with van der Waals surface area (Å²) in [6.07, 6.45) is 1.73. The summed E-state index contributed by atoms with van der Waals surface area (Å²) < 4.78 is 11.2. The molecule has 33 heavy (non-hydrogen) atoms. The Balaban J connectivity index is 0.000000454. The molecule has 10 heteroatoms. The molecule has 0 amide bonds. The molecule has 0 radical (unpaired) electrons. The van der Waals surface area contributed by atoms with Crippen LogP contribution in [0.1, 0.15) is 6.92 Å². The lowest BCUT2D eigenvalue weighted by atomic mass is 10.1. The van der Waals surface area contributed by atoms with Gasteiger partial charge >= 0.3 is 11.9 Å². The average molecular weight is 457 g/mol. The van der Waals surface area contributed by atoms with E-state index in [1.165, 1.54) is 0 Å². The number of fused-ring (bicyclic) bond motifs is 1. The number of anilines is 1. The minimum Gasteiger partial charge on any atom is -0.491 e. The highest BCUT2D eigenvalue weighted by molar-refractivity contribution is 6.27. The van der Waals surface area contributed by atoms with Crippen LogP contribution in [0.25, 0.3) is 22.2 Å². The molecule has 0 spiro atoms. The Morgan fingerprint density at radius 2 is 1.73 bits per heavy atom. The maximum atomic E-state index is 9.10. The van der Waals surface area contributed by atoms with Crippen LogP contribution >= 0.6 is 0 Å². The second-order valence-corrected chi connectivity index (χ2v) is 7.30. The minimum atomic E-state index is -1.82. The standard InChI is InChI=1S/C21H25N3O3.C2H2O4/c1-2-23-8-10-24(11-9-23)21-20-17(7-13-27-20)15-19(22-21)16-3-5-18(6-4-16)26-14-12-25;3-1(4)2(5)6/h3-7,13,15,25H,2,8-12,14H2,1H3;(H,3,4)(H,5,6). The van der Waals surface area contributed by atoms with E-state index in [1.54, 1.807) is 6.26 Å². The Hall–Kier alpha value is -3.63. The van der Waals surface area contributed by atoms with Gasteiger partial charge in [-0.1, -0.05) is 6.92 Å². The molecule has 0 unspecified atom stereocenters. The number of furan rings is 1. The molecular weight excluding hydrogens is 430 g/mol. The Labute approximate surface area is 190 Å². The SMILES string of the molecule is CCN1CCN(c2nc(-c3ccc(OCCO)cc3)cc3ccoc23)CC1.O=C(O)C(=O)O. The second-order valence-electron chi connectivity index (χ2n) is 7.30. The van der Waals surface area contributed by atoms with Crippen molar-refractivity contribution >= 4 is 28.7 Å². The first kappa shape index (κ1) is 24.0. The zero-order valence-corrected chi connectivity index (χ0v) is 18.3. The number of aliphatic hydroxyl groups is 1. The van der Waals surface area contributed by atoms with Gasteiger partial charge < -0.3 is 34.3 Å². The Morgan fingerprint density at radius 1 is 1.06 bits per heavy atom. The monoisotopic (exact) mass is 457 g/mol. The summed E-state index contributed by atoms with van der Waals surface area (Å²) in [4.78, 5) is 27.9. The van der Waals surface area contributed by atoms with Crippen LogP contribution in [0.15, 0.2) is 47.1 Å². The summed E-state index contributed by atoms with van der Waals surface area (Å²) in [7, 11) is 0. The molecule has 1 saturated heterocycles. The molecule has 176 valence electrons. The molecule has 0 aliphatic carbocycles. The van der Waals surface area contributed by atoms with Gasteiger partial charge in [0.15, 0.2) is 11.4 Å². The maximum Gasteiger partial charge on any atom is 0.414 e. The molecule has 0 saturated carbocycles. The highest BCUT2D eigenvalue weighted by Gasteiger charge is 2.21. The number of aromatic nitrogens is 1. The van der Waals surface area contributed by atoms with Gasteiger partial charge in [-0.25, -0.2) is 14.6 Å². The van der Waals surface area contributed by atoms with Crippen LogP contribution in [0.2, 0.25) is 0 Å². The third kappa shape index (κ3) is 6.21. The van der Waals surface area contributed by atoms with E-state index in [9.17, 15) is 0 Å². The van der Waals surface area contributed by atoms with Crippen LogP contribution in [-0.2, 0) is 9.59 Å². The minimum absolute atomic E-state index is 0.00905. The van der Waals surface area contributed by atoms with Crippen LogP contribution in [0, 0.1) is 0 Å². The number of carboxylic acids is 2. The number of aliphatic hydroxyl groups excluding tert-OH is 1. The number of nitrogens with zero attached hydrogens (tertiary/aromatic N) is 3. The molecule has 1 fully saturated rings. The van der Waals surface area contributed by atoms with Crippen molar-refractivity contribution in [2.24, 2.45) is 0 Å². The number of likely N-dealkylation sites (N-methyl/N-ethyl adjacent to an activating group) is 1.